The molecule has 11 nitrogen and oxygen atoms in total. The molecule has 0 spiro atoms. The predicted octanol–water partition coefficient (Wildman–Crippen LogP) is 6.78. The molecule has 5 atom stereocenters. The van der Waals surface area contributed by atoms with Gasteiger partial charge in [0.15, 0.2) is 6.29 Å². The third-order valence-corrected chi connectivity index (χ3v) is 10.0. The SMILES string of the molecule is COC(=O)C(Cc1ccccc1)NC(=O)NCc1cccc(-c2cccc(C3OC(CN4CCCC4C(=O)OC(C)(C)C)CC(c4ccc(CO)cc4)O3)c2)c1. The number of nitrogens with zero attached hydrogens (tertiary/aromatic N) is 1. The van der Waals surface area contributed by atoms with Crippen LogP contribution >= 0.6 is 0 Å². The van der Waals surface area contributed by atoms with Crippen LogP contribution in [0.3, 0.4) is 0 Å². The van der Waals surface area contributed by atoms with Gasteiger partial charge in [0.1, 0.15) is 17.7 Å². The minimum atomic E-state index is -0.832. The maximum Gasteiger partial charge on any atom is 0.328 e. The molecule has 0 bridgehead atoms. The third-order valence-electron chi connectivity index (χ3n) is 10.0. The fourth-order valence-corrected chi connectivity index (χ4v) is 7.28. The Balaban J connectivity index is 1.15. The van der Waals surface area contributed by atoms with E-state index in [1.165, 1.54) is 7.11 Å². The lowest BCUT2D eigenvalue weighted by atomic mass is 9.98. The van der Waals surface area contributed by atoms with Crippen LogP contribution in [0.2, 0.25) is 0 Å². The Morgan fingerprint density at radius 1 is 0.857 bits per heavy atom. The molecule has 56 heavy (non-hydrogen) atoms. The number of nitrogens with one attached hydrogen (secondary N) is 2. The molecular formula is C45H53N3O8. The molecule has 2 aliphatic rings. The molecule has 6 rings (SSSR count). The van der Waals surface area contributed by atoms with Crippen LogP contribution in [0, 0.1) is 0 Å². The summed E-state index contributed by atoms with van der Waals surface area (Å²) < 4.78 is 24.1. The topological polar surface area (TPSA) is 136 Å². The fraction of sp³-hybridized carbons (Fsp3) is 0.400. The number of hydrogen-bond acceptors (Lipinski definition) is 9. The van der Waals surface area contributed by atoms with E-state index < -0.39 is 29.9 Å². The first kappa shape index (κ1) is 40.6. The number of hydrogen-bond donors (Lipinski definition) is 3. The zero-order chi connectivity index (χ0) is 39.7. The zero-order valence-electron chi connectivity index (χ0n) is 32.6. The Hall–Kier alpha value is -5.07. The Morgan fingerprint density at radius 3 is 2.29 bits per heavy atom. The summed E-state index contributed by atoms with van der Waals surface area (Å²) in [6, 6.07) is 31.6. The summed E-state index contributed by atoms with van der Waals surface area (Å²) in [6.45, 7) is 7.22. The molecule has 4 aromatic rings. The summed E-state index contributed by atoms with van der Waals surface area (Å²) in [6.07, 6.45) is 1.39. The van der Waals surface area contributed by atoms with E-state index in [9.17, 15) is 19.5 Å². The van der Waals surface area contributed by atoms with Crippen LogP contribution in [-0.2, 0) is 48.1 Å². The van der Waals surface area contributed by atoms with E-state index in [0.717, 1.165) is 58.3 Å². The number of amides is 2. The maximum absolute atomic E-state index is 13.2. The molecule has 2 saturated heterocycles. The highest BCUT2D eigenvalue weighted by molar-refractivity contribution is 5.83. The summed E-state index contributed by atoms with van der Waals surface area (Å²) in [5, 5.41) is 15.3. The Bertz CT molecular complexity index is 1930. The predicted molar refractivity (Wildman–Crippen MR) is 212 cm³/mol. The number of benzene rings is 4. The van der Waals surface area contributed by atoms with E-state index in [4.69, 9.17) is 18.9 Å². The first-order chi connectivity index (χ1) is 27.0. The van der Waals surface area contributed by atoms with Crippen molar-refractivity contribution in [3.05, 3.63) is 131 Å². The van der Waals surface area contributed by atoms with E-state index in [2.05, 4.69) is 21.6 Å². The van der Waals surface area contributed by atoms with E-state index in [-0.39, 0.29) is 37.4 Å². The number of likely N-dealkylation sites (tertiary alicyclic amines) is 1. The van der Waals surface area contributed by atoms with Crippen molar-refractivity contribution in [2.24, 2.45) is 0 Å². The molecule has 2 fully saturated rings. The van der Waals surface area contributed by atoms with Crippen molar-refractivity contribution in [1.82, 2.24) is 15.5 Å². The van der Waals surface area contributed by atoms with Crippen molar-refractivity contribution in [2.45, 2.75) is 95.8 Å². The van der Waals surface area contributed by atoms with Crippen molar-refractivity contribution in [1.29, 1.82) is 0 Å². The summed E-state index contributed by atoms with van der Waals surface area (Å²) in [5.74, 6) is -0.718. The van der Waals surface area contributed by atoms with Crippen LogP contribution in [0.4, 0.5) is 4.79 Å². The van der Waals surface area contributed by atoms with E-state index in [1.807, 2.05) is 118 Å². The number of esters is 2. The lowest BCUT2D eigenvalue weighted by Gasteiger charge is -2.38. The number of ether oxygens (including phenoxy) is 4. The Labute approximate surface area is 329 Å². The van der Waals surface area contributed by atoms with E-state index in [1.54, 1.807) is 0 Å². The van der Waals surface area contributed by atoms with Gasteiger partial charge in [-0.25, -0.2) is 9.59 Å². The molecule has 3 N–H and O–H groups in total. The molecule has 5 unspecified atom stereocenters. The van der Waals surface area contributed by atoms with Gasteiger partial charge in [-0.1, -0.05) is 91.0 Å². The van der Waals surface area contributed by atoms with Crippen molar-refractivity contribution in [3.8, 4) is 11.1 Å². The molecule has 0 aliphatic carbocycles. The minimum Gasteiger partial charge on any atom is -0.467 e. The van der Waals surface area contributed by atoms with Crippen LogP contribution in [-0.4, -0.2) is 72.0 Å². The quantitative estimate of drug-likeness (QED) is 0.126. The van der Waals surface area contributed by atoms with Gasteiger partial charge >= 0.3 is 18.0 Å². The smallest absolute Gasteiger partial charge is 0.328 e. The van der Waals surface area contributed by atoms with Crippen LogP contribution < -0.4 is 10.6 Å². The van der Waals surface area contributed by atoms with Gasteiger partial charge in [-0.05, 0) is 85.7 Å². The molecule has 0 radical (unpaired) electrons. The first-order valence-corrected chi connectivity index (χ1v) is 19.3. The zero-order valence-corrected chi connectivity index (χ0v) is 32.6. The molecule has 4 aromatic carbocycles. The largest absolute Gasteiger partial charge is 0.467 e. The van der Waals surface area contributed by atoms with Gasteiger partial charge in [-0.3, -0.25) is 9.69 Å². The van der Waals surface area contributed by atoms with Crippen LogP contribution in [0.5, 0.6) is 0 Å². The number of methoxy groups -OCH3 is 1. The monoisotopic (exact) mass is 763 g/mol. The molecular weight excluding hydrogens is 711 g/mol. The Morgan fingerprint density at radius 2 is 1.57 bits per heavy atom. The van der Waals surface area contributed by atoms with Crippen molar-refractivity contribution >= 4 is 18.0 Å². The normalized spacial score (nSPS) is 20.5. The molecule has 0 saturated carbocycles. The molecule has 296 valence electrons. The maximum atomic E-state index is 13.2. The summed E-state index contributed by atoms with van der Waals surface area (Å²) in [4.78, 5) is 40.7. The summed E-state index contributed by atoms with van der Waals surface area (Å²) >= 11 is 0. The number of aliphatic hydroxyl groups excluding tert-OH is 1. The highest BCUT2D eigenvalue weighted by atomic mass is 16.7. The lowest BCUT2D eigenvalue weighted by Crippen LogP contribution is -2.47. The average Bonchev–Trinajstić information content (AvgIpc) is 3.67. The lowest BCUT2D eigenvalue weighted by molar-refractivity contribution is -0.253. The number of aliphatic hydroxyl groups is 1. The summed E-state index contributed by atoms with van der Waals surface area (Å²) in [7, 11) is 1.30. The van der Waals surface area contributed by atoms with E-state index >= 15 is 0 Å². The second-order valence-electron chi connectivity index (χ2n) is 15.5. The third kappa shape index (κ3) is 11.0. The Kier molecular flexibility index (Phi) is 13.6. The van der Waals surface area contributed by atoms with Gasteiger partial charge in [0, 0.05) is 31.5 Å². The first-order valence-electron chi connectivity index (χ1n) is 19.3. The highest BCUT2D eigenvalue weighted by Gasteiger charge is 2.39. The highest BCUT2D eigenvalue weighted by Crippen LogP contribution is 2.40. The van der Waals surface area contributed by atoms with Crippen molar-refractivity contribution in [3.63, 3.8) is 0 Å². The fourth-order valence-electron chi connectivity index (χ4n) is 7.28. The van der Waals surface area contributed by atoms with Gasteiger partial charge in [-0.15, -0.1) is 0 Å². The number of carbonyl (C=O) groups excluding carboxylic acids is 3. The van der Waals surface area contributed by atoms with Gasteiger partial charge < -0.3 is 34.7 Å². The van der Waals surface area contributed by atoms with Crippen molar-refractivity contribution < 1.29 is 38.4 Å². The molecule has 2 heterocycles. The van der Waals surface area contributed by atoms with Gasteiger partial charge in [0.25, 0.3) is 0 Å². The minimum absolute atomic E-state index is 0.0386. The second kappa shape index (κ2) is 18.7. The van der Waals surface area contributed by atoms with Gasteiger partial charge in [0.2, 0.25) is 0 Å². The van der Waals surface area contributed by atoms with E-state index in [0.29, 0.717) is 19.4 Å². The molecule has 0 aromatic heterocycles. The van der Waals surface area contributed by atoms with Gasteiger partial charge in [0.05, 0.1) is 25.9 Å². The standard InChI is InChI=1S/C45H53N3O8/c1-45(2,3)56-42(51)39-17-10-22-48(39)28-37-26-40(33-20-18-31(29-49)19-21-33)55-43(54-37)36-16-9-15-35(25-36)34-14-8-13-32(23-34)27-46-44(52)47-38(41(50)53-4)24-30-11-6-5-7-12-30/h5-9,11-16,18-21,23,25,37-40,43,49H,10,17,22,24,26-29H2,1-4H3,(H2,46,47,52). The summed E-state index contributed by atoms with van der Waals surface area (Å²) in [5.41, 5.74) is 5.78. The average molecular weight is 764 g/mol. The number of urea groups is 1. The molecule has 11 heteroatoms. The molecule has 2 amide bonds. The number of rotatable bonds is 13. The second-order valence-corrected chi connectivity index (χ2v) is 15.5. The van der Waals surface area contributed by atoms with Crippen LogP contribution in [0.15, 0.2) is 103 Å². The van der Waals surface area contributed by atoms with Gasteiger partial charge in [-0.2, -0.15) is 0 Å². The van der Waals surface area contributed by atoms with Crippen LogP contribution in [0.25, 0.3) is 11.1 Å². The number of carbonyl (C=O) groups is 3. The molecule has 2 aliphatic heterocycles. The van der Waals surface area contributed by atoms with Crippen molar-refractivity contribution in [2.75, 3.05) is 20.2 Å². The van der Waals surface area contributed by atoms with Crippen LogP contribution in [0.1, 0.15) is 80.2 Å².